The molecular weight excluding hydrogens is 279 g/mol. The maximum absolute atomic E-state index is 13.5. The van der Waals surface area contributed by atoms with Crippen molar-refractivity contribution in [1.29, 1.82) is 0 Å². The largest absolute Gasteiger partial charge is 0.497 e. The number of rotatable bonds is 4. The van der Waals surface area contributed by atoms with Crippen LogP contribution in [0.25, 0.3) is 11.1 Å². The van der Waals surface area contributed by atoms with E-state index in [-0.39, 0.29) is 22.3 Å². The fourth-order valence-corrected chi connectivity index (χ4v) is 1.95. The van der Waals surface area contributed by atoms with Gasteiger partial charge in [0, 0.05) is 0 Å². The number of hydrogen-bond acceptors (Lipinski definition) is 3. The molecule has 5 nitrogen and oxygen atoms in total. The Morgan fingerprint density at radius 3 is 2.33 bits per heavy atom. The molecule has 0 fully saturated rings. The van der Waals surface area contributed by atoms with E-state index in [0.29, 0.717) is 5.75 Å². The Kier molecular flexibility index (Phi) is 3.89. The predicted octanol–water partition coefficient (Wildman–Crippen LogP) is 2.90. The van der Waals surface area contributed by atoms with Crippen molar-refractivity contribution in [3.8, 4) is 16.9 Å². The Hall–Kier alpha value is -2.89. The smallest absolute Gasteiger partial charge is 0.336 e. The Balaban J connectivity index is 2.66. The van der Waals surface area contributed by atoms with Gasteiger partial charge in [0.1, 0.15) is 11.6 Å². The highest BCUT2D eigenvalue weighted by molar-refractivity contribution is 5.97. The van der Waals surface area contributed by atoms with Gasteiger partial charge in [0.2, 0.25) is 0 Å². The van der Waals surface area contributed by atoms with Gasteiger partial charge in [-0.05, 0) is 47.5 Å². The number of carbonyl (C=O) groups is 2. The summed E-state index contributed by atoms with van der Waals surface area (Å²) in [5.41, 5.74) is 0.0335. The average Bonchev–Trinajstić information content (AvgIpc) is 2.45. The summed E-state index contributed by atoms with van der Waals surface area (Å²) in [4.78, 5) is 22.3. The molecule has 108 valence electrons. The van der Waals surface area contributed by atoms with E-state index in [1.165, 1.54) is 31.4 Å². The van der Waals surface area contributed by atoms with Gasteiger partial charge in [0.05, 0.1) is 18.2 Å². The van der Waals surface area contributed by atoms with Crippen molar-refractivity contribution in [3.05, 3.63) is 53.3 Å². The summed E-state index contributed by atoms with van der Waals surface area (Å²) in [7, 11) is 1.39. The highest BCUT2D eigenvalue weighted by Gasteiger charge is 2.16. The maximum atomic E-state index is 13.5. The normalized spacial score (nSPS) is 10.2. The van der Waals surface area contributed by atoms with Crippen LogP contribution in [0, 0.1) is 5.82 Å². The van der Waals surface area contributed by atoms with Gasteiger partial charge in [-0.1, -0.05) is 0 Å². The first-order valence-electron chi connectivity index (χ1n) is 5.88. The molecule has 0 atom stereocenters. The van der Waals surface area contributed by atoms with E-state index in [0.717, 1.165) is 12.1 Å². The SMILES string of the molecule is COc1ccc(-c2cc(F)cc(C(=O)O)c2)c(C(=O)O)c1. The lowest BCUT2D eigenvalue weighted by molar-refractivity contribution is 0.0687. The minimum atomic E-state index is -1.29. The Morgan fingerprint density at radius 2 is 1.76 bits per heavy atom. The number of carboxylic acid groups (broad SMARTS) is 2. The molecule has 0 amide bonds. The van der Waals surface area contributed by atoms with E-state index in [2.05, 4.69) is 0 Å². The van der Waals surface area contributed by atoms with Crippen LogP contribution in [0.4, 0.5) is 4.39 Å². The minimum Gasteiger partial charge on any atom is -0.497 e. The molecule has 0 saturated carbocycles. The van der Waals surface area contributed by atoms with Crippen molar-refractivity contribution < 1.29 is 28.9 Å². The summed E-state index contributed by atoms with van der Waals surface area (Å²) in [6.07, 6.45) is 0. The summed E-state index contributed by atoms with van der Waals surface area (Å²) < 4.78 is 18.5. The Labute approximate surface area is 119 Å². The zero-order chi connectivity index (χ0) is 15.6. The van der Waals surface area contributed by atoms with Gasteiger partial charge in [-0.3, -0.25) is 0 Å². The lowest BCUT2D eigenvalue weighted by atomic mass is 9.97. The molecule has 2 aromatic carbocycles. The lowest BCUT2D eigenvalue weighted by Gasteiger charge is -2.09. The Morgan fingerprint density at radius 1 is 1.05 bits per heavy atom. The molecule has 2 N–H and O–H groups in total. The van der Waals surface area contributed by atoms with Crippen LogP contribution in [0.15, 0.2) is 36.4 Å². The molecule has 0 unspecified atom stereocenters. The molecular formula is C15H11FO5. The number of hydrogen-bond donors (Lipinski definition) is 2. The van der Waals surface area contributed by atoms with E-state index in [4.69, 9.17) is 9.84 Å². The number of carboxylic acids is 2. The summed E-state index contributed by atoms with van der Waals surface area (Å²) >= 11 is 0. The van der Waals surface area contributed by atoms with Crippen molar-refractivity contribution >= 4 is 11.9 Å². The minimum absolute atomic E-state index is 0.101. The lowest BCUT2D eigenvalue weighted by Crippen LogP contribution is -2.02. The average molecular weight is 290 g/mol. The van der Waals surface area contributed by atoms with Gasteiger partial charge in [0.25, 0.3) is 0 Å². The third kappa shape index (κ3) is 3.00. The molecule has 0 aliphatic heterocycles. The van der Waals surface area contributed by atoms with Crippen molar-refractivity contribution in [2.45, 2.75) is 0 Å². The van der Waals surface area contributed by atoms with Gasteiger partial charge in [-0.15, -0.1) is 0 Å². The molecule has 21 heavy (non-hydrogen) atoms. The van der Waals surface area contributed by atoms with Crippen LogP contribution < -0.4 is 4.74 Å². The molecule has 0 aliphatic rings. The second kappa shape index (κ2) is 5.62. The summed E-state index contributed by atoms with van der Waals surface area (Å²) in [5, 5.41) is 18.2. The monoisotopic (exact) mass is 290 g/mol. The quantitative estimate of drug-likeness (QED) is 0.904. The van der Waals surface area contributed by atoms with Crippen LogP contribution in [0.3, 0.4) is 0 Å². The van der Waals surface area contributed by atoms with Gasteiger partial charge in [0.15, 0.2) is 0 Å². The van der Waals surface area contributed by atoms with E-state index >= 15 is 0 Å². The third-order valence-corrected chi connectivity index (χ3v) is 2.91. The van der Waals surface area contributed by atoms with Crippen LogP contribution in [-0.2, 0) is 0 Å². The number of aromatic carboxylic acids is 2. The first-order valence-corrected chi connectivity index (χ1v) is 5.88. The van der Waals surface area contributed by atoms with Crippen molar-refractivity contribution in [1.82, 2.24) is 0 Å². The first kappa shape index (κ1) is 14.5. The van der Waals surface area contributed by atoms with E-state index in [9.17, 15) is 19.1 Å². The summed E-state index contributed by atoms with van der Waals surface area (Å²) in [5.74, 6) is -2.92. The van der Waals surface area contributed by atoms with Gasteiger partial charge >= 0.3 is 11.9 Å². The van der Waals surface area contributed by atoms with Crippen LogP contribution in [0.1, 0.15) is 20.7 Å². The first-order chi connectivity index (χ1) is 9.92. The Bertz CT molecular complexity index is 724. The molecule has 0 aromatic heterocycles. The van der Waals surface area contributed by atoms with Gasteiger partial charge < -0.3 is 14.9 Å². The molecule has 0 aliphatic carbocycles. The highest BCUT2D eigenvalue weighted by Crippen LogP contribution is 2.29. The van der Waals surface area contributed by atoms with Crippen LogP contribution in [0.5, 0.6) is 5.75 Å². The third-order valence-electron chi connectivity index (χ3n) is 2.91. The number of benzene rings is 2. The number of methoxy groups -OCH3 is 1. The van der Waals surface area contributed by atoms with Crippen molar-refractivity contribution in [3.63, 3.8) is 0 Å². The molecule has 0 spiro atoms. The van der Waals surface area contributed by atoms with Gasteiger partial charge in [-0.2, -0.15) is 0 Å². The molecule has 0 bridgehead atoms. The predicted molar refractivity (Wildman–Crippen MR) is 72.3 cm³/mol. The number of halogens is 1. The van der Waals surface area contributed by atoms with E-state index in [1.54, 1.807) is 0 Å². The van der Waals surface area contributed by atoms with Crippen LogP contribution in [-0.4, -0.2) is 29.3 Å². The summed E-state index contributed by atoms with van der Waals surface area (Å²) in [6.45, 7) is 0. The fraction of sp³-hybridized carbons (Fsp3) is 0.0667. The maximum Gasteiger partial charge on any atom is 0.336 e. The van der Waals surface area contributed by atoms with Crippen LogP contribution in [0.2, 0.25) is 0 Å². The molecule has 6 heteroatoms. The summed E-state index contributed by atoms with van der Waals surface area (Å²) in [6, 6.07) is 7.44. The highest BCUT2D eigenvalue weighted by atomic mass is 19.1. The van der Waals surface area contributed by atoms with Crippen molar-refractivity contribution in [2.75, 3.05) is 7.11 Å². The molecule has 0 radical (unpaired) electrons. The standard InChI is InChI=1S/C15H11FO5/c1-21-11-2-3-12(13(7-11)15(19)20)8-4-9(14(17)18)6-10(16)5-8/h2-7H,1H3,(H,17,18)(H,19,20). The molecule has 0 saturated heterocycles. The second-order valence-electron chi connectivity index (χ2n) is 4.25. The zero-order valence-corrected chi connectivity index (χ0v) is 11.0. The zero-order valence-electron chi connectivity index (χ0n) is 11.0. The topological polar surface area (TPSA) is 83.8 Å². The molecule has 0 heterocycles. The van der Waals surface area contributed by atoms with Crippen LogP contribution >= 0.6 is 0 Å². The fourth-order valence-electron chi connectivity index (χ4n) is 1.95. The van der Waals surface area contributed by atoms with E-state index < -0.39 is 17.8 Å². The molecule has 2 rings (SSSR count). The molecule has 2 aromatic rings. The van der Waals surface area contributed by atoms with E-state index in [1.807, 2.05) is 0 Å². The second-order valence-corrected chi connectivity index (χ2v) is 4.25. The van der Waals surface area contributed by atoms with Crippen molar-refractivity contribution in [2.24, 2.45) is 0 Å². The van der Waals surface area contributed by atoms with Gasteiger partial charge in [-0.25, -0.2) is 14.0 Å². The number of ether oxygens (including phenoxy) is 1.